The SMILES string of the molecule is CC(C)(CC(=O)O)NC(=O)N(CCC#N)C1CC1. The van der Waals surface area contributed by atoms with Gasteiger partial charge in [0.05, 0.1) is 18.9 Å². The minimum absolute atomic E-state index is 0.129. The van der Waals surface area contributed by atoms with Gasteiger partial charge in [0.25, 0.3) is 0 Å². The molecule has 0 aromatic rings. The van der Waals surface area contributed by atoms with Gasteiger partial charge in [-0.05, 0) is 26.7 Å². The summed E-state index contributed by atoms with van der Waals surface area (Å²) in [5.74, 6) is -0.949. The van der Waals surface area contributed by atoms with Gasteiger partial charge in [0.1, 0.15) is 0 Å². The van der Waals surface area contributed by atoms with E-state index in [1.54, 1.807) is 18.7 Å². The number of amides is 2. The number of carbonyl (C=O) groups excluding carboxylic acids is 1. The zero-order valence-electron chi connectivity index (χ0n) is 10.8. The van der Waals surface area contributed by atoms with E-state index in [1.165, 1.54) is 0 Å². The minimum Gasteiger partial charge on any atom is -0.481 e. The van der Waals surface area contributed by atoms with Crippen LogP contribution in [0.5, 0.6) is 0 Å². The van der Waals surface area contributed by atoms with Crippen molar-refractivity contribution in [2.24, 2.45) is 0 Å². The predicted octanol–water partition coefficient (Wildman–Crippen LogP) is 1.33. The Morgan fingerprint density at radius 1 is 1.50 bits per heavy atom. The topological polar surface area (TPSA) is 93.4 Å². The molecule has 6 heteroatoms. The lowest BCUT2D eigenvalue weighted by Gasteiger charge is -2.29. The first-order valence-corrected chi connectivity index (χ1v) is 6.03. The van der Waals surface area contributed by atoms with Crippen LogP contribution < -0.4 is 5.32 Å². The summed E-state index contributed by atoms with van der Waals surface area (Å²) in [5.41, 5.74) is -0.789. The number of rotatable bonds is 6. The van der Waals surface area contributed by atoms with Gasteiger partial charge in [0.2, 0.25) is 0 Å². The molecule has 0 unspecified atom stereocenters. The van der Waals surface area contributed by atoms with E-state index in [2.05, 4.69) is 5.32 Å². The fourth-order valence-electron chi connectivity index (χ4n) is 1.79. The summed E-state index contributed by atoms with van der Waals surface area (Å²) in [4.78, 5) is 24.3. The largest absolute Gasteiger partial charge is 0.481 e. The van der Waals surface area contributed by atoms with E-state index in [4.69, 9.17) is 10.4 Å². The molecule has 0 heterocycles. The Hall–Kier alpha value is -1.77. The number of carboxylic acids is 1. The van der Waals surface area contributed by atoms with Crippen LogP contribution in [0.15, 0.2) is 0 Å². The third kappa shape index (κ3) is 4.62. The summed E-state index contributed by atoms with van der Waals surface area (Å²) in [6, 6.07) is 1.94. The van der Waals surface area contributed by atoms with Crippen molar-refractivity contribution in [3.05, 3.63) is 0 Å². The zero-order chi connectivity index (χ0) is 13.8. The molecule has 1 rings (SSSR count). The van der Waals surface area contributed by atoms with E-state index in [-0.39, 0.29) is 18.5 Å². The second-order valence-corrected chi connectivity index (χ2v) is 5.22. The van der Waals surface area contributed by atoms with Crippen LogP contribution >= 0.6 is 0 Å². The van der Waals surface area contributed by atoms with E-state index in [0.717, 1.165) is 12.8 Å². The van der Waals surface area contributed by atoms with E-state index < -0.39 is 11.5 Å². The summed E-state index contributed by atoms with van der Waals surface area (Å²) >= 11 is 0. The Bertz CT molecular complexity index is 369. The third-order valence-corrected chi connectivity index (χ3v) is 2.75. The molecule has 0 aromatic heterocycles. The van der Waals surface area contributed by atoms with E-state index >= 15 is 0 Å². The maximum absolute atomic E-state index is 12.0. The van der Waals surface area contributed by atoms with Crippen molar-refractivity contribution >= 4 is 12.0 Å². The summed E-state index contributed by atoms with van der Waals surface area (Å²) < 4.78 is 0. The molecular weight excluding hydrogens is 234 g/mol. The summed E-state index contributed by atoms with van der Waals surface area (Å²) in [6.07, 6.45) is 2.08. The van der Waals surface area contributed by atoms with Crippen molar-refractivity contribution in [3.8, 4) is 6.07 Å². The van der Waals surface area contributed by atoms with Crippen LogP contribution in [-0.2, 0) is 4.79 Å². The first-order valence-electron chi connectivity index (χ1n) is 6.03. The number of carbonyl (C=O) groups is 2. The quantitative estimate of drug-likeness (QED) is 0.746. The van der Waals surface area contributed by atoms with Gasteiger partial charge in [-0.1, -0.05) is 0 Å². The molecule has 1 aliphatic carbocycles. The van der Waals surface area contributed by atoms with Crippen LogP contribution in [0.1, 0.15) is 39.5 Å². The lowest BCUT2D eigenvalue weighted by atomic mass is 10.0. The molecule has 0 bridgehead atoms. The first-order chi connectivity index (χ1) is 8.35. The standard InChI is InChI=1S/C12H19N3O3/c1-12(2,8-10(16)17)14-11(18)15(7-3-6-13)9-4-5-9/h9H,3-5,7-8H2,1-2H3,(H,14,18)(H,16,17). The highest BCUT2D eigenvalue weighted by atomic mass is 16.4. The number of nitrogens with one attached hydrogen (secondary N) is 1. The molecule has 0 aromatic carbocycles. The maximum Gasteiger partial charge on any atom is 0.318 e. The monoisotopic (exact) mass is 253 g/mol. The Morgan fingerprint density at radius 3 is 2.56 bits per heavy atom. The van der Waals surface area contributed by atoms with Crippen LogP contribution in [0, 0.1) is 11.3 Å². The number of hydrogen-bond acceptors (Lipinski definition) is 3. The van der Waals surface area contributed by atoms with Gasteiger partial charge < -0.3 is 15.3 Å². The van der Waals surface area contributed by atoms with Gasteiger partial charge in [-0.3, -0.25) is 4.79 Å². The normalized spacial score (nSPS) is 14.7. The van der Waals surface area contributed by atoms with Gasteiger partial charge in [-0.2, -0.15) is 5.26 Å². The van der Waals surface area contributed by atoms with Gasteiger partial charge in [0, 0.05) is 18.1 Å². The summed E-state index contributed by atoms with van der Waals surface area (Å²) in [5, 5.41) is 20.0. The average molecular weight is 253 g/mol. The van der Waals surface area contributed by atoms with Crippen LogP contribution in [0.2, 0.25) is 0 Å². The average Bonchev–Trinajstić information content (AvgIpc) is 2.99. The van der Waals surface area contributed by atoms with Crippen LogP contribution in [0.3, 0.4) is 0 Å². The minimum atomic E-state index is -0.949. The third-order valence-electron chi connectivity index (χ3n) is 2.75. The molecule has 0 aliphatic heterocycles. The molecule has 0 atom stereocenters. The highest BCUT2D eigenvalue weighted by Crippen LogP contribution is 2.27. The molecule has 0 radical (unpaired) electrons. The van der Waals surface area contributed by atoms with Crippen molar-refractivity contribution in [1.29, 1.82) is 5.26 Å². The van der Waals surface area contributed by atoms with Gasteiger partial charge in [-0.15, -0.1) is 0 Å². The Labute approximate surface area is 107 Å². The molecule has 1 aliphatic rings. The first kappa shape index (κ1) is 14.3. The fraction of sp³-hybridized carbons (Fsp3) is 0.750. The van der Waals surface area contributed by atoms with Crippen molar-refractivity contribution in [1.82, 2.24) is 10.2 Å². The van der Waals surface area contributed by atoms with Crippen molar-refractivity contribution in [3.63, 3.8) is 0 Å². The number of hydrogen-bond donors (Lipinski definition) is 2. The number of carboxylic acid groups (broad SMARTS) is 1. The molecule has 1 saturated carbocycles. The van der Waals surface area contributed by atoms with Gasteiger partial charge in [0.15, 0.2) is 0 Å². The van der Waals surface area contributed by atoms with Crippen LogP contribution in [-0.4, -0.2) is 40.1 Å². The van der Waals surface area contributed by atoms with Crippen molar-refractivity contribution < 1.29 is 14.7 Å². The Kier molecular flexibility index (Phi) is 4.54. The fourth-order valence-corrected chi connectivity index (χ4v) is 1.79. The molecule has 100 valence electrons. The highest BCUT2D eigenvalue weighted by molar-refractivity contribution is 5.77. The molecular formula is C12H19N3O3. The second kappa shape index (κ2) is 5.71. The predicted molar refractivity (Wildman–Crippen MR) is 64.8 cm³/mol. The van der Waals surface area contributed by atoms with E-state index in [1.807, 2.05) is 6.07 Å². The highest BCUT2D eigenvalue weighted by Gasteiger charge is 2.34. The van der Waals surface area contributed by atoms with Crippen LogP contribution in [0.4, 0.5) is 4.79 Å². The number of urea groups is 1. The molecule has 0 spiro atoms. The number of nitrogens with zero attached hydrogens (tertiary/aromatic N) is 2. The second-order valence-electron chi connectivity index (χ2n) is 5.22. The van der Waals surface area contributed by atoms with Gasteiger partial charge >= 0.3 is 12.0 Å². The molecule has 0 saturated heterocycles. The lowest BCUT2D eigenvalue weighted by Crippen LogP contribution is -2.51. The van der Waals surface area contributed by atoms with E-state index in [9.17, 15) is 9.59 Å². The Morgan fingerprint density at radius 2 is 2.11 bits per heavy atom. The Balaban J connectivity index is 2.55. The lowest BCUT2D eigenvalue weighted by molar-refractivity contribution is -0.138. The van der Waals surface area contributed by atoms with Crippen molar-refractivity contribution in [2.75, 3.05) is 6.54 Å². The smallest absolute Gasteiger partial charge is 0.318 e. The van der Waals surface area contributed by atoms with E-state index in [0.29, 0.717) is 13.0 Å². The molecule has 2 amide bonds. The number of nitriles is 1. The van der Waals surface area contributed by atoms with Crippen molar-refractivity contribution in [2.45, 2.75) is 51.1 Å². The summed E-state index contributed by atoms with van der Waals surface area (Å²) in [6.45, 7) is 3.75. The zero-order valence-corrected chi connectivity index (χ0v) is 10.8. The number of aliphatic carboxylic acids is 1. The van der Waals surface area contributed by atoms with Gasteiger partial charge in [-0.25, -0.2) is 4.79 Å². The maximum atomic E-state index is 12.0. The molecule has 1 fully saturated rings. The summed E-state index contributed by atoms with van der Waals surface area (Å²) in [7, 11) is 0. The molecule has 2 N–H and O–H groups in total. The van der Waals surface area contributed by atoms with Crippen LogP contribution in [0.25, 0.3) is 0 Å². The molecule has 18 heavy (non-hydrogen) atoms. The molecule has 6 nitrogen and oxygen atoms in total.